The third-order valence-corrected chi connectivity index (χ3v) is 3.10. The zero-order valence-electron chi connectivity index (χ0n) is 11.6. The van der Waals surface area contributed by atoms with Crippen LogP contribution in [0.4, 0.5) is 0 Å². The Morgan fingerprint density at radius 1 is 1.15 bits per heavy atom. The minimum absolute atomic E-state index is 0.247. The molecule has 0 aromatic heterocycles. The molecule has 0 unspecified atom stereocenters. The van der Waals surface area contributed by atoms with Crippen LogP contribution in [-0.4, -0.2) is 25.2 Å². The van der Waals surface area contributed by atoms with Crippen LogP contribution >= 0.6 is 15.9 Å². The van der Waals surface area contributed by atoms with Crippen LogP contribution in [0.3, 0.4) is 0 Å². The van der Waals surface area contributed by atoms with Crippen molar-refractivity contribution >= 4 is 27.9 Å². The summed E-state index contributed by atoms with van der Waals surface area (Å²) >= 11 is 3.39. The van der Waals surface area contributed by atoms with Crippen LogP contribution in [0, 0.1) is 0 Å². The molecule has 0 N–H and O–H groups in total. The zero-order valence-corrected chi connectivity index (χ0v) is 13.1. The van der Waals surface area contributed by atoms with Gasteiger partial charge in [0.25, 0.3) is 0 Å². The van der Waals surface area contributed by atoms with E-state index >= 15 is 0 Å². The predicted molar refractivity (Wildman–Crippen MR) is 79.3 cm³/mol. The Bertz CT molecular complexity index is 445. The molecule has 0 saturated heterocycles. The molecule has 0 saturated carbocycles. The lowest BCUT2D eigenvalue weighted by Crippen LogP contribution is -2.09. The maximum absolute atomic E-state index is 11.5. The van der Waals surface area contributed by atoms with E-state index in [1.807, 2.05) is 24.3 Å². The SMILES string of the molecule is CCOC(=O)CCCC(=O)OCCc1cccc(Br)c1. The fourth-order valence-corrected chi connectivity index (χ4v) is 2.10. The summed E-state index contributed by atoms with van der Waals surface area (Å²) in [4.78, 5) is 22.5. The van der Waals surface area contributed by atoms with Gasteiger partial charge in [-0.05, 0) is 31.0 Å². The van der Waals surface area contributed by atoms with Crippen LogP contribution in [0.5, 0.6) is 0 Å². The molecule has 0 radical (unpaired) electrons. The second-order valence-corrected chi connectivity index (χ2v) is 5.17. The van der Waals surface area contributed by atoms with E-state index in [9.17, 15) is 9.59 Å². The Hall–Kier alpha value is -1.36. The molecule has 1 aromatic carbocycles. The largest absolute Gasteiger partial charge is 0.466 e. The molecule has 0 aliphatic heterocycles. The first-order chi connectivity index (χ1) is 9.61. The van der Waals surface area contributed by atoms with Crippen LogP contribution in [0.15, 0.2) is 28.7 Å². The van der Waals surface area contributed by atoms with E-state index in [-0.39, 0.29) is 24.8 Å². The Labute approximate surface area is 127 Å². The molecule has 1 aromatic rings. The first-order valence-electron chi connectivity index (χ1n) is 6.67. The van der Waals surface area contributed by atoms with Crippen LogP contribution in [0.25, 0.3) is 0 Å². The lowest BCUT2D eigenvalue weighted by atomic mass is 10.2. The number of benzene rings is 1. The highest BCUT2D eigenvalue weighted by Crippen LogP contribution is 2.12. The number of hydrogen-bond acceptors (Lipinski definition) is 4. The molecule has 0 bridgehead atoms. The van der Waals surface area contributed by atoms with Crippen molar-refractivity contribution in [3.8, 4) is 0 Å². The predicted octanol–water partition coefficient (Wildman–Crippen LogP) is 3.27. The van der Waals surface area contributed by atoms with E-state index in [1.165, 1.54) is 0 Å². The standard InChI is InChI=1S/C15H19BrO4/c1-2-19-14(17)7-4-8-15(18)20-10-9-12-5-3-6-13(16)11-12/h3,5-6,11H,2,4,7-10H2,1H3. The molecule has 110 valence electrons. The summed E-state index contributed by atoms with van der Waals surface area (Å²) in [6.07, 6.45) is 1.66. The number of halogens is 1. The summed E-state index contributed by atoms with van der Waals surface area (Å²) in [6, 6.07) is 7.87. The molecule has 0 fully saturated rings. The van der Waals surface area contributed by atoms with Crippen molar-refractivity contribution in [3.63, 3.8) is 0 Å². The van der Waals surface area contributed by atoms with Gasteiger partial charge in [-0.1, -0.05) is 28.1 Å². The number of rotatable bonds is 8. The number of carbonyl (C=O) groups excluding carboxylic acids is 2. The molecule has 1 rings (SSSR count). The van der Waals surface area contributed by atoms with Gasteiger partial charge >= 0.3 is 11.9 Å². The normalized spacial score (nSPS) is 10.1. The molecule has 0 heterocycles. The Kier molecular flexibility index (Phi) is 7.95. The molecule has 4 nitrogen and oxygen atoms in total. The van der Waals surface area contributed by atoms with Crippen molar-refractivity contribution < 1.29 is 19.1 Å². The Balaban J connectivity index is 2.13. The third-order valence-electron chi connectivity index (χ3n) is 2.61. The van der Waals surface area contributed by atoms with E-state index in [0.717, 1.165) is 10.0 Å². The average Bonchev–Trinajstić information content (AvgIpc) is 2.39. The highest BCUT2D eigenvalue weighted by atomic mass is 79.9. The lowest BCUT2D eigenvalue weighted by Gasteiger charge is -2.05. The van der Waals surface area contributed by atoms with Crippen molar-refractivity contribution in [2.45, 2.75) is 32.6 Å². The van der Waals surface area contributed by atoms with Gasteiger partial charge in [0.1, 0.15) is 0 Å². The number of esters is 2. The van der Waals surface area contributed by atoms with Gasteiger partial charge in [0.15, 0.2) is 0 Å². The van der Waals surface area contributed by atoms with Crippen LogP contribution in [0.1, 0.15) is 31.7 Å². The van der Waals surface area contributed by atoms with Gasteiger partial charge in [-0.15, -0.1) is 0 Å². The number of ether oxygens (including phenoxy) is 2. The van der Waals surface area contributed by atoms with E-state index < -0.39 is 0 Å². The van der Waals surface area contributed by atoms with Crippen LogP contribution < -0.4 is 0 Å². The van der Waals surface area contributed by atoms with E-state index in [4.69, 9.17) is 9.47 Å². The Morgan fingerprint density at radius 2 is 1.85 bits per heavy atom. The van der Waals surface area contributed by atoms with E-state index in [1.54, 1.807) is 6.92 Å². The molecule has 0 amide bonds. The first kappa shape index (κ1) is 16.7. The molecule has 0 atom stereocenters. The quantitative estimate of drug-likeness (QED) is 0.680. The molecule has 0 aliphatic rings. The molecule has 5 heteroatoms. The van der Waals surface area contributed by atoms with Gasteiger partial charge in [-0.3, -0.25) is 9.59 Å². The van der Waals surface area contributed by atoms with Crippen LogP contribution in [0.2, 0.25) is 0 Å². The lowest BCUT2D eigenvalue weighted by molar-refractivity contribution is -0.145. The number of hydrogen-bond donors (Lipinski definition) is 0. The van der Waals surface area contributed by atoms with Crippen LogP contribution in [-0.2, 0) is 25.5 Å². The summed E-state index contributed by atoms with van der Waals surface area (Å²) in [6.45, 7) is 2.48. The van der Waals surface area contributed by atoms with Crippen molar-refractivity contribution in [2.75, 3.05) is 13.2 Å². The zero-order chi connectivity index (χ0) is 14.8. The first-order valence-corrected chi connectivity index (χ1v) is 7.46. The van der Waals surface area contributed by atoms with Gasteiger partial charge in [0.05, 0.1) is 13.2 Å². The average molecular weight is 343 g/mol. The monoisotopic (exact) mass is 342 g/mol. The van der Waals surface area contributed by atoms with Gasteiger partial charge in [-0.2, -0.15) is 0 Å². The second kappa shape index (κ2) is 9.53. The maximum atomic E-state index is 11.5. The van der Waals surface area contributed by atoms with Crippen molar-refractivity contribution in [2.24, 2.45) is 0 Å². The van der Waals surface area contributed by atoms with Gasteiger partial charge in [0.2, 0.25) is 0 Å². The number of carbonyl (C=O) groups is 2. The molecular weight excluding hydrogens is 324 g/mol. The molecule has 20 heavy (non-hydrogen) atoms. The third kappa shape index (κ3) is 7.28. The molecular formula is C15H19BrO4. The van der Waals surface area contributed by atoms with E-state index in [0.29, 0.717) is 26.1 Å². The highest BCUT2D eigenvalue weighted by molar-refractivity contribution is 9.10. The van der Waals surface area contributed by atoms with Gasteiger partial charge in [0, 0.05) is 23.7 Å². The van der Waals surface area contributed by atoms with E-state index in [2.05, 4.69) is 15.9 Å². The van der Waals surface area contributed by atoms with Crippen molar-refractivity contribution in [3.05, 3.63) is 34.3 Å². The topological polar surface area (TPSA) is 52.6 Å². The van der Waals surface area contributed by atoms with Crippen molar-refractivity contribution in [1.29, 1.82) is 0 Å². The summed E-state index contributed by atoms with van der Waals surface area (Å²) in [5, 5.41) is 0. The highest BCUT2D eigenvalue weighted by Gasteiger charge is 2.06. The minimum Gasteiger partial charge on any atom is -0.466 e. The summed E-state index contributed by atoms with van der Waals surface area (Å²) in [7, 11) is 0. The Morgan fingerprint density at radius 3 is 2.50 bits per heavy atom. The summed E-state index contributed by atoms with van der Waals surface area (Å²) < 4.78 is 10.9. The molecule has 0 spiro atoms. The fourth-order valence-electron chi connectivity index (χ4n) is 1.66. The maximum Gasteiger partial charge on any atom is 0.305 e. The fraction of sp³-hybridized carbons (Fsp3) is 0.467. The van der Waals surface area contributed by atoms with Gasteiger partial charge in [-0.25, -0.2) is 0 Å². The second-order valence-electron chi connectivity index (χ2n) is 4.26. The minimum atomic E-state index is -0.274. The summed E-state index contributed by atoms with van der Waals surface area (Å²) in [5.74, 6) is -0.543. The van der Waals surface area contributed by atoms with Gasteiger partial charge < -0.3 is 9.47 Å². The van der Waals surface area contributed by atoms with Crippen molar-refractivity contribution in [1.82, 2.24) is 0 Å². The summed E-state index contributed by atoms with van der Waals surface area (Å²) in [5.41, 5.74) is 1.11. The smallest absolute Gasteiger partial charge is 0.305 e. The molecule has 0 aliphatic carbocycles.